The lowest BCUT2D eigenvalue weighted by Crippen LogP contribution is -2.60. The van der Waals surface area contributed by atoms with Gasteiger partial charge in [-0.3, -0.25) is 4.79 Å². The lowest BCUT2D eigenvalue weighted by Gasteiger charge is -2.40. The van der Waals surface area contributed by atoms with E-state index in [0.29, 0.717) is 18.8 Å². The molecule has 0 aromatic heterocycles. The van der Waals surface area contributed by atoms with Gasteiger partial charge in [0.2, 0.25) is 5.91 Å². The Hall–Kier alpha value is -2.66. The van der Waals surface area contributed by atoms with E-state index in [-0.39, 0.29) is 24.5 Å². The Morgan fingerprint density at radius 3 is 2.03 bits per heavy atom. The van der Waals surface area contributed by atoms with Crippen molar-refractivity contribution in [1.82, 2.24) is 5.32 Å². The van der Waals surface area contributed by atoms with E-state index in [1.165, 1.54) is 76.0 Å². The number of hydrogen-bond donors (Lipinski definition) is 6. The largest absolute Gasteiger partial charge is 0.494 e. The summed E-state index contributed by atoms with van der Waals surface area (Å²) in [5.41, 5.74) is -2.51. The zero-order valence-electron chi connectivity index (χ0n) is 34.4. The van der Waals surface area contributed by atoms with Gasteiger partial charge in [-0.2, -0.15) is 13.2 Å². The van der Waals surface area contributed by atoms with Crippen molar-refractivity contribution in [2.75, 3.05) is 19.8 Å². The Bertz CT molecular complexity index is 1330. The maximum absolute atomic E-state index is 13.3. The van der Waals surface area contributed by atoms with Gasteiger partial charge in [0.1, 0.15) is 30.2 Å². The molecule has 2 aliphatic rings. The average molecular weight is 830 g/mol. The van der Waals surface area contributed by atoms with Crippen LogP contribution < -0.4 is 10.1 Å². The number of halogens is 3. The fourth-order valence-electron chi connectivity index (χ4n) is 7.09. The topological polar surface area (TPSA) is 183 Å². The van der Waals surface area contributed by atoms with Gasteiger partial charge in [-0.25, -0.2) is 0 Å². The molecule has 332 valence electrons. The molecule has 6 N–H and O–H groups in total. The molecular weight excluding hydrogens is 759 g/mol. The molecule has 2 heterocycles. The highest BCUT2D eigenvalue weighted by Gasteiger charge is 2.65. The van der Waals surface area contributed by atoms with E-state index < -0.39 is 61.3 Å². The van der Waals surface area contributed by atoms with E-state index >= 15 is 0 Å². The molecule has 1 aromatic rings. The third kappa shape index (κ3) is 17.5. The molecule has 3 rings (SSSR count). The summed E-state index contributed by atoms with van der Waals surface area (Å²) in [6.07, 6.45) is 12.4. The number of ether oxygens (including phenoxy) is 3. The highest BCUT2D eigenvalue weighted by atomic mass is 19.4. The number of carbonyl (C=O) groups excluding carboxylic acids is 1. The molecule has 0 bridgehead atoms. The first kappa shape index (κ1) is 49.7. The number of unbranched alkanes of at least 4 members (excludes halogenated alkanes) is 18. The first-order valence-corrected chi connectivity index (χ1v) is 21.7. The number of allylic oxidation sites excluding steroid dienone is 1. The summed E-state index contributed by atoms with van der Waals surface area (Å²) >= 11 is 0. The van der Waals surface area contributed by atoms with Crippen molar-refractivity contribution in [2.24, 2.45) is 10.2 Å². The highest BCUT2D eigenvalue weighted by Crippen LogP contribution is 2.52. The summed E-state index contributed by atoms with van der Waals surface area (Å²) in [7, 11) is 0. The van der Waals surface area contributed by atoms with Crippen LogP contribution in [0.25, 0.3) is 0 Å². The zero-order chi connectivity index (χ0) is 42.2. The predicted octanol–water partition coefficient (Wildman–Crippen LogP) is 7.68. The van der Waals surface area contributed by atoms with Gasteiger partial charge in [-0.15, -0.1) is 10.2 Å². The molecule has 58 heavy (non-hydrogen) atoms. The van der Waals surface area contributed by atoms with Crippen molar-refractivity contribution in [2.45, 2.75) is 196 Å². The standard InChI is InChI=1S/C43H70F3N3O9/c1-2-3-4-5-6-7-8-9-10-11-14-17-20-26-35(51)34(31-57-41-40(55)39(54)38(53)36(30-50)58-41)47-37(52)27-21-18-15-12-13-16-19-22-28-56-33-25-23-24-32(29-33)42(48-49-42)43(44,45)46/h20,23-26,29,34-36,38-41,50-51,53-55H,2-19,21-22,27-28,30-31H2,1H3,(H,47,52)/b26-20+/t34-,35+,36+,38-,39-,40+,41+/m0/s1. The van der Waals surface area contributed by atoms with Crippen molar-refractivity contribution in [3.05, 3.63) is 42.0 Å². The minimum atomic E-state index is -4.58. The summed E-state index contributed by atoms with van der Waals surface area (Å²) in [6.45, 7) is 1.77. The number of benzene rings is 1. The number of carbonyl (C=O) groups is 1. The first-order valence-electron chi connectivity index (χ1n) is 21.7. The van der Waals surface area contributed by atoms with Crippen LogP contribution in [0.3, 0.4) is 0 Å². The fraction of sp³-hybridized carbons (Fsp3) is 0.791. The summed E-state index contributed by atoms with van der Waals surface area (Å²) < 4.78 is 56.7. The van der Waals surface area contributed by atoms with E-state index in [2.05, 4.69) is 22.5 Å². The van der Waals surface area contributed by atoms with Gasteiger partial charge < -0.3 is 45.1 Å². The van der Waals surface area contributed by atoms with Crippen molar-refractivity contribution in [1.29, 1.82) is 0 Å². The van der Waals surface area contributed by atoms with Gasteiger partial charge in [0, 0.05) is 12.0 Å². The van der Waals surface area contributed by atoms with Gasteiger partial charge in [0.05, 0.1) is 32.0 Å². The third-order valence-corrected chi connectivity index (χ3v) is 10.9. The molecule has 1 saturated heterocycles. The smallest absolute Gasteiger partial charge is 0.442 e. The van der Waals surface area contributed by atoms with E-state index in [9.17, 15) is 43.5 Å². The number of amides is 1. The van der Waals surface area contributed by atoms with E-state index in [4.69, 9.17) is 14.2 Å². The molecule has 12 nitrogen and oxygen atoms in total. The maximum atomic E-state index is 13.3. The minimum absolute atomic E-state index is 0.0504. The molecule has 0 aliphatic carbocycles. The number of aliphatic hydroxyl groups is 5. The van der Waals surface area contributed by atoms with E-state index in [1.54, 1.807) is 12.1 Å². The summed E-state index contributed by atoms with van der Waals surface area (Å²) in [6, 6.07) is 4.94. The minimum Gasteiger partial charge on any atom is -0.494 e. The van der Waals surface area contributed by atoms with Gasteiger partial charge in [-0.1, -0.05) is 134 Å². The van der Waals surface area contributed by atoms with Crippen LogP contribution in [0.1, 0.15) is 147 Å². The van der Waals surface area contributed by atoms with Gasteiger partial charge >= 0.3 is 11.8 Å². The number of nitrogens with zero attached hydrogens (tertiary/aromatic N) is 2. The lowest BCUT2D eigenvalue weighted by atomic mass is 9.99. The second kappa shape index (κ2) is 27.2. The molecule has 0 spiro atoms. The second-order valence-corrected chi connectivity index (χ2v) is 15.8. The Balaban J connectivity index is 1.31. The number of aliphatic hydroxyl groups excluding tert-OH is 5. The van der Waals surface area contributed by atoms with Crippen molar-refractivity contribution >= 4 is 5.91 Å². The van der Waals surface area contributed by atoms with Crippen LogP contribution in [0.2, 0.25) is 0 Å². The molecule has 0 saturated carbocycles. The van der Waals surface area contributed by atoms with E-state index in [1.807, 2.05) is 6.08 Å². The molecule has 2 aliphatic heterocycles. The SMILES string of the molecule is CCCCCCCCCCCCC/C=C/[C@@H](O)[C@H](CO[C@@H]1O[C@H](CO)[C@H](O)[C@H](O)[C@H]1O)NC(=O)CCCCCCCCCCOc1cccc(C2(C(F)(F)F)N=N2)c1. The summed E-state index contributed by atoms with van der Waals surface area (Å²) in [5, 5.41) is 60.5. The van der Waals surface area contributed by atoms with Crippen LogP contribution in [0.4, 0.5) is 13.2 Å². The quantitative estimate of drug-likeness (QED) is 0.0314. The highest BCUT2D eigenvalue weighted by molar-refractivity contribution is 5.76. The molecule has 1 aromatic carbocycles. The van der Waals surface area contributed by atoms with Crippen molar-refractivity contribution < 1.29 is 57.7 Å². The number of alkyl halides is 3. The number of hydrogen-bond acceptors (Lipinski definition) is 11. The molecule has 1 fully saturated rings. The molecule has 0 unspecified atom stereocenters. The first-order chi connectivity index (χ1) is 27.9. The number of rotatable bonds is 32. The molecule has 7 atom stereocenters. The maximum Gasteiger partial charge on any atom is 0.442 e. The van der Waals surface area contributed by atoms with Crippen LogP contribution in [-0.2, 0) is 19.9 Å². The van der Waals surface area contributed by atoms with Crippen LogP contribution in [0, 0.1) is 0 Å². The van der Waals surface area contributed by atoms with Crippen molar-refractivity contribution in [3.63, 3.8) is 0 Å². The molecular formula is C43H70F3N3O9. The van der Waals surface area contributed by atoms with Gasteiger partial charge in [0.25, 0.3) is 0 Å². The molecule has 0 radical (unpaired) electrons. The van der Waals surface area contributed by atoms with E-state index in [0.717, 1.165) is 64.2 Å². The van der Waals surface area contributed by atoms with Gasteiger partial charge in [0.15, 0.2) is 6.29 Å². The Labute approximate surface area is 342 Å². The van der Waals surface area contributed by atoms with Gasteiger partial charge in [-0.05, 0) is 37.8 Å². The van der Waals surface area contributed by atoms with Crippen LogP contribution in [0.15, 0.2) is 46.6 Å². The molecule has 1 amide bonds. The Morgan fingerprint density at radius 2 is 1.45 bits per heavy atom. The molecule has 15 heteroatoms. The number of nitrogens with one attached hydrogen (secondary N) is 1. The van der Waals surface area contributed by atoms with Crippen LogP contribution >= 0.6 is 0 Å². The third-order valence-electron chi connectivity index (χ3n) is 10.9. The van der Waals surface area contributed by atoms with Crippen LogP contribution in [-0.4, -0.2) is 100 Å². The monoisotopic (exact) mass is 830 g/mol. The summed E-state index contributed by atoms with van der Waals surface area (Å²) in [4.78, 5) is 12.9. The second-order valence-electron chi connectivity index (χ2n) is 15.8. The normalized spacial score (nSPS) is 22.6. The van der Waals surface area contributed by atoms with Crippen LogP contribution in [0.5, 0.6) is 5.75 Å². The zero-order valence-corrected chi connectivity index (χ0v) is 34.4. The predicted molar refractivity (Wildman–Crippen MR) is 214 cm³/mol. The Morgan fingerprint density at radius 1 is 0.862 bits per heavy atom. The van der Waals surface area contributed by atoms with Crippen molar-refractivity contribution in [3.8, 4) is 5.75 Å². The lowest BCUT2D eigenvalue weighted by molar-refractivity contribution is -0.302. The Kier molecular flexibility index (Phi) is 23.3. The fourth-order valence-corrected chi connectivity index (χ4v) is 7.09. The average Bonchev–Trinajstić information content (AvgIpc) is 4.03. The summed E-state index contributed by atoms with van der Waals surface area (Å²) in [5.74, 6) is 0.0937.